The van der Waals surface area contributed by atoms with Crippen LogP contribution >= 0.6 is 0 Å². The molecule has 0 bridgehead atoms. The minimum absolute atomic E-state index is 0.0673. The number of esters is 1. The molecule has 6 saturated carbocycles. The van der Waals surface area contributed by atoms with Crippen molar-refractivity contribution in [2.75, 3.05) is 6.61 Å². The molecule has 0 aromatic carbocycles. The van der Waals surface area contributed by atoms with Crippen LogP contribution in [0.1, 0.15) is 113 Å². The Morgan fingerprint density at radius 2 is 1.58 bits per heavy atom. The third kappa shape index (κ3) is 4.42. The molecule has 1 heterocycles. The zero-order valence-corrected chi connectivity index (χ0v) is 30.3. The van der Waals surface area contributed by atoms with Gasteiger partial charge in [-0.1, -0.05) is 34.6 Å². The van der Waals surface area contributed by atoms with E-state index >= 15 is 0 Å². The van der Waals surface area contributed by atoms with Crippen LogP contribution < -0.4 is 0 Å². The van der Waals surface area contributed by atoms with Gasteiger partial charge in [-0.05, 0) is 117 Å². The van der Waals surface area contributed by atoms with Crippen molar-refractivity contribution in [3.8, 4) is 0 Å². The first-order chi connectivity index (χ1) is 22.1. The van der Waals surface area contributed by atoms with Crippen molar-refractivity contribution in [1.82, 2.24) is 0 Å². The average Bonchev–Trinajstić information content (AvgIpc) is 3.62. The molecule has 2 unspecified atom stereocenters. The molecule has 10 nitrogen and oxygen atoms in total. The van der Waals surface area contributed by atoms with E-state index in [4.69, 9.17) is 14.2 Å². The number of aliphatic hydroxyl groups excluding tert-OH is 4. The summed E-state index contributed by atoms with van der Waals surface area (Å²) in [6.45, 7) is 15.9. The first-order valence-corrected chi connectivity index (χ1v) is 18.7. The second-order valence-corrected chi connectivity index (χ2v) is 19.3. The monoisotopic (exact) mass is 678 g/mol. The lowest BCUT2D eigenvalue weighted by Gasteiger charge is -2.64. The molecular formula is C38H62O10. The van der Waals surface area contributed by atoms with Gasteiger partial charge in [0, 0.05) is 18.3 Å². The second-order valence-electron chi connectivity index (χ2n) is 19.3. The minimum atomic E-state index is -1.36. The Labute approximate surface area is 285 Å². The third-order valence-electron chi connectivity index (χ3n) is 16.5. The number of hydrogen-bond donors (Lipinski definition) is 6. The van der Waals surface area contributed by atoms with E-state index in [1.165, 1.54) is 6.92 Å². The molecule has 2 spiro atoms. The summed E-state index contributed by atoms with van der Waals surface area (Å²) in [5.74, 6) is -0.144. The number of aliphatic hydroxyl groups is 6. The van der Waals surface area contributed by atoms with E-state index in [0.29, 0.717) is 12.3 Å². The topological polar surface area (TPSA) is 166 Å². The van der Waals surface area contributed by atoms with E-state index in [2.05, 4.69) is 34.6 Å². The number of ether oxygens (including phenoxy) is 3. The summed E-state index contributed by atoms with van der Waals surface area (Å²) >= 11 is 0. The fraction of sp³-hybridized carbons (Fsp3) is 0.974. The third-order valence-corrected chi connectivity index (χ3v) is 16.5. The Hall–Kier alpha value is -0.850. The first-order valence-electron chi connectivity index (χ1n) is 18.7. The van der Waals surface area contributed by atoms with Crippen molar-refractivity contribution < 1.29 is 49.6 Å². The van der Waals surface area contributed by atoms with Crippen molar-refractivity contribution in [1.29, 1.82) is 0 Å². The molecule has 7 rings (SSSR count). The van der Waals surface area contributed by atoms with Crippen LogP contribution in [0, 0.1) is 56.7 Å². The van der Waals surface area contributed by atoms with Crippen molar-refractivity contribution in [2.24, 2.45) is 56.7 Å². The SMILES string of the molecule is CC(=O)O[C@@H]([C@H]1C[C@@H](C)[C@H]2[C@@](O)(C1)[C@H](O)[C@@]1(C)[C@@H]3CC[C@H]4C(C)(C)[C@@H](O[C@@H]5OCC(O)[C@H](O)[C@H]5O)CCC45C[C@@]35CC[C@]21C)C(C)(C)O. The normalized spacial score (nSPS) is 56.1. The lowest BCUT2D eigenvalue weighted by atomic mass is 9.41. The average molecular weight is 679 g/mol. The van der Waals surface area contributed by atoms with E-state index in [1.807, 2.05) is 0 Å². The van der Waals surface area contributed by atoms with Gasteiger partial charge in [0.1, 0.15) is 24.4 Å². The number of rotatable bonds is 5. The number of hydrogen-bond acceptors (Lipinski definition) is 10. The molecule has 10 heteroatoms. The summed E-state index contributed by atoms with van der Waals surface area (Å²) in [5, 5.41) is 67.4. The molecule has 7 fully saturated rings. The fourth-order valence-electron chi connectivity index (χ4n) is 14.7. The van der Waals surface area contributed by atoms with Gasteiger partial charge >= 0.3 is 5.97 Å². The van der Waals surface area contributed by atoms with Gasteiger partial charge in [-0.2, -0.15) is 0 Å². The van der Waals surface area contributed by atoms with Crippen molar-refractivity contribution >= 4 is 5.97 Å². The second kappa shape index (κ2) is 10.8. The van der Waals surface area contributed by atoms with Gasteiger partial charge in [0.25, 0.3) is 0 Å². The van der Waals surface area contributed by atoms with Crippen molar-refractivity contribution in [2.45, 2.75) is 167 Å². The van der Waals surface area contributed by atoms with Crippen molar-refractivity contribution in [3.05, 3.63) is 0 Å². The maximum Gasteiger partial charge on any atom is 0.303 e. The number of fused-ring (bicyclic) bond motifs is 4. The van der Waals surface area contributed by atoms with Gasteiger partial charge in [-0.15, -0.1) is 0 Å². The van der Waals surface area contributed by atoms with E-state index in [9.17, 15) is 35.4 Å². The van der Waals surface area contributed by atoms with E-state index < -0.39 is 59.4 Å². The molecule has 0 radical (unpaired) electrons. The Bertz CT molecular complexity index is 1300. The fourth-order valence-corrected chi connectivity index (χ4v) is 14.7. The van der Waals surface area contributed by atoms with Gasteiger partial charge in [0.05, 0.1) is 30.0 Å². The zero-order chi connectivity index (χ0) is 35.2. The van der Waals surface area contributed by atoms with Crippen LogP contribution in [0.3, 0.4) is 0 Å². The Morgan fingerprint density at radius 3 is 2.23 bits per heavy atom. The lowest BCUT2D eigenvalue weighted by Crippen LogP contribution is -2.61. The van der Waals surface area contributed by atoms with Crippen molar-refractivity contribution in [3.63, 3.8) is 0 Å². The number of carbonyl (C=O) groups is 1. The molecule has 0 aromatic heterocycles. The summed E-state index contributed by atoms with van der Waals surface area (Å²) in [7, 11) is 0. The molecule has 1 saturated heterocycles. The molecule has 1 aliphatic heterocycles. The van der Waals surface area contributed by atoms with Crippen LogP contribution in [0.2, 0.25) is 0 Å². The quantitative estimate of drug-likeness (QED) is 0.188. The van der Waals surface area contributed by atoms with Crippen LogP contribution in [0.4, 0.5) is 0 Å². The molecule has 0 amide bonds. The van der Waals surface area contributed by atoms with E-state index in [-0.39, 0.29) is 64.5 Å². The molecule has 6 aliphatic carbocycles. The minimum Gasteiger partial charge on any atom is -0.459 e. The predicted octanol–water partition coefficient (Wildman–Crippen LogP) is 3.31. The summed E-state index contributed by atoms with van der Waals surface area (Å²) < 4.78 is 17.8. The summed E-state index contributed by atoms with van der Waals surface area (Å²) in [5.41, 5.74) is -3.45. The smallest absolute Gasteiger partial charge is 0.303 e. The molecule has 7 aliphatic rings. The van der Waals surface area contributed by atoms with Gasteiger partial charge in [0.15, 0.2) is 6.29 Å². The summed E-state index contributed by atoms with van der Waals surface area (Å²) in [6.07, 6.45) is 1.23. The molecule has 48 heavy (non-hydrogen) atoms. The standard InChI is InChI=1S/C38H62O10/c1-19-15-21(29(33(5,6)44)47-20(2)39)16-38(45)28(19)34(7)13-14-37-18-36(37)12-11-25(48-30-27(42)26(41)22(40)17-46-30)32(3,4)23(36)9-10-24(37)35(34,8)31(38)43/h19,21-31,40-45H,9-18H2,1-8H3/t19-,21+,22?,23+,24+,25+,26+,27-,28-,29+,30+,31-,34-,35-,36?,37+,38+/m1/s1. The maximum absolute atomic E-state index is 12.8. The van der Waals surface area contributed by atoms with E-state index in [1.54, 1.807) is 13.8 Å². The van der Waals surface area contributed by atoms with Crippen LogP contribution in [0.25, 0.3) is 0 Å². The van der Waals surface area contributed by atoms with Crippen LogP contribution in [-0.4, -0.2) is 97.3 Å². The van der Waals surface area contributed by atoms with Gasteiger partial charge < -0.3 is 44.8 Å². The summed E-state index contributed by atoms with van der Waals surface area (Å²) in [6, 6.07) is 0. The molecule has 0 aromatic rings. The van der Waals surface area contributed by atoms with Crippen LogP contribution in [0.5, 0.6) is 0 Å². The Balaban J connectivity index is 1.17. The highest BCUT2D eigenvalue weighted by molar-refractivity contribution is 5.66. The lowest BCUT2D eigenvalue weighted by molar-refractivity contribution is -0.303. The van der Waals surface area contributed by atoms with Gasteiger partial charge in [-0.25, -0.2) is 0 Å². The highest BCUT2D eigenvalue weighted by atomic mass is 16.7. The largest absolute Gasteiger partial charge is 0.459 e. The Kier molecular flexibility index (Phi) is 8.03. The maximum atomic E-state index is 12.8. The van der Waals surface area contributed by atoms with Gasteiger partial charge in [0.2, 0.25) is 0 Å². The summed E-state index contributed by atoms with van der Waals surface area (Å²) in [4.78, 5) is 12.1. The molecular weight excluding hydrogens is 616 g/mol. The molecule has 6 N–H and O–H groups in total. The Morgan fingerprint density at radius 1 is 0.938 bits per heavy atom. The van der Waals surface area contributed by atoms with Crippen LogP contribution in [0.15, 0.2) is 0 Å². The van der Waals surface area contributed by atoms with Gasteiger partial charge in [-0.3, -0.25) is 4.79 Å². The van der Waals surface area contributed by atoms with E-state index in [0.717, 1.165) is 44.9 Å². The van der Waals surface area contributed by atoms with Crippen LogP contribution in [-0.2, 0) is 19.0 Å². The first kappa shape index (κ1) is 35.5. The molecule has 274 valence electrons. The highest BCUT2D eigenvalue weighted by Crippen LogP contribution is 2.90. The predicted molar refractivity (Wildman–Crippen MR) is 175 cm³/mol. The number of carbonyl (C=O) groups excluding carboxylic acids is 1. The molecule has 17 atom stereocenters. The zero-order valence-electron chi connectivity index (χ0n) is 30.3. The highest BCUT2D eigenvalue weighted by Gasteiger charge is 2.86.